The minimum absolute atomic E-state index is 0.808. The Morgan fingerprint density at radius 1 is 1.07 bits per heavy atom. The van der Waals surface area contributed by atoms with Crippen molar-refractivity contribution in [2.24, 2.45) is 0 Å². The van der Waals surface area contributed by atoms with Gasteiger partial charge in [0.1, 0.15) is 6.26 Å². The SMILES string of the molecule is C1=CCN2C(=C1)OC=CN1C=CC=CN12. The molecule has 0 atom stereocenters. The van der Waals surface area contributed by atoms with E-state index in [0.717, 1.165) is 12.4 Å². The summed E-state index contributed by atoms with van der Waals surface area (Å²) in [5.41, 5.74) is 0. The van der Waals surface area contributed by atoms with E-state index in [9.17, 15) is 0 Å². The van der Waals surface area contributed by atoms with Crippen LogP contribution in [0.2, 0.25) is 0 Å². The molecule has 0 aliphatic carbocycles. The van der Waals surface area contributed by atoms with Crippen molar-refractivity contribution in [2.75, 3.05) is 6.54 Å². The topological polar surface area (TPSA) is 19.0 Å². The van der Waals surface area contributed by atoms with Crippen molar-refractivity contribution < 1.29 is 4.74 Å². The van der Waals surface area contributed by atoms with Gasteiger partial charge in [0.05, 0.1) is 12.7 Å². The lowest BCUT2D eigenvalue weighted by Crippen LogP contribution is -2.45. The van der Waals surface area contributed by atoms with Crippen LogP contribution in [0.25, 0.3) is 0 Å². The van der Waals surface area contributed by atoms with E-state index < -0.39 is 0 Å². The Morgan fingerprint density at radius 3 is 3.00 bits per heavy atom. The van der Waals surface area contributed by atoms with Gasteiger partial charge in [-0.15, -0.1) is 0 Å². The summed E-state index contributed by atoms with van der Waals surface area (Å²) in [5.74, 6) is 0.830. The van der Waals surface area contributed by atoms with E-state index in [1.807, 2.05) is 58.0 Å². The average Bonchev–Trinajstić information content (AvgIpc) is 2.48. The van der Waals surface area contributed by atoms with Gasteiger partial charge in [-0.25, -0.2) is 10.0 Å². The number of hydrogen-bond acceptors (Lipinski definition) is 4. The monoisotopic (exact) mass is 201 g/mol. The molecule has 4 nitrogen and oxygen atoms in total. The van der Waals surface area contributed by atoms with Crippen LogP contribution < -0.4 is 0 Å². The second kappa shape index (κ2) is 3.24. The van der Waals surface area contributed by atoms with Gasteiger partial charge in [0.2, 0.25) is 5.88 Å². The smallest absolute Gasteiger partial charge is 0.215 e. The van der Waals surface area contributed by atoms with Gasteiger partial charge in [-0.05, 0) is 12.2 Å². The van der Waals surface area contributed by atoms with Gasteiger partial charge in [0.15, 0.2) is 0 Å². The molecule has 0 saturated heterocycles. The third-order valence-corrected chi connectivity index (χ3v) is 2.36. The Balaban J connectivity index is 1.98. The Morgan fingerprint density at radius 2 is 2.00 bits per heavy atom. The number of hydrogen-bond donors (Lipinski definition) is 0. The van der Waals surface area contributed by atoms with Crippen LogP contribution in [0.3, 0.4) is 0 Å². The van der Waals surface area contributed by atoms with Crippen LogP contribution in [0.4, 0.5) is 0 Å². The average molecular weight is 201 g/mol. The minimum Gasteiger partial charge on any atom is -0.445 e. The molecule has 0 N–H and O–H groups in total. The fourth-order valence-electron chi connectivity index (χ4n) is 1.67. The molecular formula is C11H11N3O. The van der Waals surface area contributed by atoms with Crippen LogP contribution in [0, 0.1) is 0 Å². The van der Waals surface area contributed by atoms with Crippen LogP contribution in [-0.4, -0.2) is 21.7 Å². The first-order valence-corrected chi connectivity index (χ1v) is 4.85. The second-order valence-electron chi connectivity index (χ2n) is 3.30. The molecule has 3 rings (SSSR count). The lowest BCUT2D eigenvalue weighted by atomic mass is 10.4. The largest absolute Gasteiger partial charge is 0.445 e. The third kappa shape index (κ3) is 1.30. The number of rotatable bonds is 0. The van der Waals surface area contributed by atoms with Gasteiger partial charge < -0.3 is 4.74 Å². The van der Waals surface area contributed by atoms with Gasteiger partial charge >= 0.3 is 0 Å². The number of allylic oxidation sites excluding steroid dienone is 4. The van der Waals surface area contributed by atoms with Crippen LogP contribution in [0.1, 0.15) is 0 Å². The van der Waals surface area contributed by atoms with E-state index in [2.05, 4.69) is 6.08 Å². The molecule has 0 unspecified atom stereocenters. The fourth-order valence-corrected chi connectivity index (χ4v) is 1.67. The molecule has 3 aliphatic heterocycles. The van der Waals surface area contributed by atoms with Crippen LogP contribution in [0.15, 0.2) is 61.1 Å². The molecule has 15 heavy (non-hydrogen) atoms. The fraction of sp³-hybridized carbons (Fsp3) is 0.0909. The maximum atomic E-state index is 5.50. The normalized spacial score (nSPS) is 21.9. The molecule has 0 aromatic rings. The predicted molar refractivity (Wildman–Crippen MR) is 56.1 cm³/mol. The van der Waals surface area contributed by atoms with Crippen molar-refractivity contribution in [1.29, 1.82) is 0 Å². The summed E-state index contributed by atoms with van der Waals surface area (Å²) in [6.07, 6.45) is 17.5. The number of hydrazine groups is 2. The summed E-state index contributed by atoms with van der Waals surface area (Å²) in [6, 6.07) is 0. The Labute approximate surface area is 88.3 Å². The zero-order chi connectivity index (χ0) is 10.1. The first-order chi connectivity index (χ1) is 7.45. The number of ether oxygens (including phenoxy) is 1. The van der Waals surface area contributed by atoms with Crippen LogP contribution in [0.5, 0.6) is 0 Å². The van der Waals surface area contributed by atoms with E-state index >= 15 is 0 Å². The maximum Gasteiger partial charge on any atom is 0.215 e. The van der Waals surface area contributed by atoms with Crippen molar-refractivity contribution in [3.63, 3.8) is 0 Å². The second-order valence-corrected chi connectivity index (χ2v) is 3.30. The first kappa shape index (κ1) is 8.23. The van der Waals surface area contributed by atoms with E-state index in [1.165, 1.54) is 0 Å². The third-order valence-electron chi connectivity index (χ3n) is 2.36. The summed E-state index contributed by atoms with van der Waals surface area (Å²) >= 11 is 0. The summed E-state index contributed by atoms with van der Waals surface area (Å²) in [6.45, 7) is 0.808. The zero-order valence-corrected chi connectivity index (χ0v) is 8.15. The Bertz CT molecular complexity index is 406. The van der Waals surface area contributed by atoms with Gasteiger partial charge in [-0.1, -0.05) is 12.2 Å². The van der Waals surface area contributed by atoms with E-state index in [1.54, 1.807) is 6.26 Å². The number of nitrogens with zero attached hydrogens (tertiary/aromatic N) is 3. The van der Waals surface area contributed by atoms with Crippen molar-refractivity contribution in [2.45, 2.75) is 0 Å². The molecule has 0 saturated carbocycles. The van der Waals surface area contributed by atoms with Gasteiger partial charge in [0, 0.05) is 18.5 Å². The molecule has 3 aliphatic rings. The Hall–Kier alpha value is -2.10. The predicted octanol–water partition coefficient (Wildman–Crippen LogP) is 1.68. The molecule has 0 bridgehead atoms. The molecule has 0 aromatic heterocycles. The standard InChI is InChI=1S/C11H11N3O/c1-2-7-13-11(5-1)15-10-9-12-6-3-4-8-14(12)13/h1-6,8-10H,7H2. The Kier molecular flexibility index (Phi) is 1.78. The summed E-state index contributed by atoms with van der Waals surface area (Å²) < 4.78 is 5.50. The summed E-state index contributed by atoms with van der Waals surface area (Å²) in [4.78, 5) is 0. The van der Waals surface area contributed by atoms with Crippen LogP contribution >= 0.6 is 0 Å². The van der Waals surface area contributed by atoms with E-state index in [-0.39, 0.29) is 0 Å². The highest BCUT2D eigenvalue weighted by Gasteiger charge is 2.23. The first-order valence-electron chi connectivity index (χ1n) is 4.85. The molecule has 0 spiro atoms. The molecular weight excluding hydrogens is 190 g/mol. The van der Waals surface area contributed by atoms with Crippen molar-refractivity contribution in [1.82, 2.24) is 15.1 Å². The highest BCUT2D eigenvalue weighted by molar-refractivity contribution is 5.17. The highest BCUT2D eigenvalue weighted by Crippen LogP contribution is 2.22. The highest BCUT2D eigenvalue weighted by atomic mass is 16.5. The van der Waals surface area contributed by atoms with Gasteiger partial charge in [-0.3, -0.25) is 0 Å². The van der Waals surface area contributed by atoms with E-state index in [4.69, 9.17) is 4.74 Å². The van der Waals surface area contributed by atoms with Gasteiger partial charge in [0.25, 0.3) is 0 Å². The molecule has 0 fully saturated rings. The molecule has 76 valence electrons. The molecule has 0 radical (unpaired) electrons. The lowest BCUT2D eigenvalue weighted by Gasteiger charge is -2.39. The molecule has 3 heterocycles. The van der Waals surface area contributed by atoms with Crippen LogP contribution in [-0.2, 0) is 4.74 Å². The molecule has 0 amide bonds. The minimum atomic E-state index is 0.808. The van der Waals surface area contributed by atoms with Crippen molar-refractivity contribution in [3.8, 4) is 0 Å². The summed E-state index contributed by atoms with van der Waals surface area (Å²) in [7, 11) is 0. The molecule has 0 aromatic carbocycles. The lowest BCUT2D eigenvalue weighted by molar-refractivity contribution is -0.0818. The number of fused-ring (bicyclic) bond motifs is 3. The maximum absolute atomic E-state index is 5.50. The van der Waals surface area contributed by atoms with Gasteiger partial charge in [-0.2, -0.15) is 5.12 Å². The summed E-state index contributed by atoms with van der Waals surface area (Å²) in [5, 5.41) is 6.00. The molecule has 4 heteroatoms. The van der Waals surface area contributed by atoms with Crippen molar-refractivity contribution in [3.05, 3.63) is 61.1 Å². The quantitative estimate of drug-likeness (QED) is 0.593. The van der Waals surface area contributed by atoms with Crippen molar-refractivity contribution >= 4 is 0 Å². The zero-order valence-electron chi connectivity index (χ0n) is 8.15. The van der Waals surface area contributed by atoms with E-state index in [0.29, 0.717) is 0 Å².